The number of likely N-dealkylation sites (tertiary alicyclic amines) is 1. The Hall–Kier alpha value is -3.22. The zero-order chi connectivity index (χ0) is 21.2. The third-order valence-electron chi connectivity index (χ3n) is 6.06. The van der Waals surface area contributed by atoms with Gasteiger partial charge in [0.05, 0.1) is 5.56 Å². The van der Waals surface area contributed by atoms with Crippen LogP contribution < -0.4 is 4.74 Å². The predicted molar refractivity (Wildman–Crippen MR) is 113 cm³/mol. The number of halogens is 1. The summed E-state index contributed by atoms with van der Waals surface area (Å²) in [6.45, 7) is 1.63. The Morgan fingerprint density at radius 3 is 2.52 bits per heavy atom. The van der Waals surface area contributed by atoms with Crippen molar-refractivity contribution >= 4 is 5.91 Å². The SMILES string of the molecule is O=C(c1ccccc1OCc1ccc(F)cc1)N1CCC(c2nc(C3CC3)n[nH]2)CC1. The molecule has 0 radical (unpaired) electrons. The van der Waals surface area contributed by atoms with Crippen molar-refractivity contribution in [3.63, 3.8) is 0 Å². The minimum absolute atomic E-state index is 0.0237. The Balaban J connectivity index is 1.21. The fraction of sp³-hybridized carbons (Fsp3) is 0.375. The maximum Gasteiger partial charge on any atom is 0.257 e. The van der Waals surface area contributed by atoms with E-state index in [4.69, 9.17) is 4.74 Å². The van der Waals surface area contributed by atoms with E-state index in [9.17, 15) is 9.18 Å². The molecule has 5 rings (SSSR count). The summed E-state index contributed by atoms with van der Waals surface area (Å²) in [4.78, 5) is 19.7. The molecule has 1 N–H and O–H groups in total. The molecule has 1 aliphatic carbocycles. The third-order valence-corrected chi connectivity index (χ3v) is 6.06. The molecule has 2 aromatic carbocycles. The number of piperidine rings is 1. The van der Waals surface area contributed by atoms with E-state index in [2.05, 4.69) is 15.2 Å². The highest BCUT2D eigenvalue weighted by Gasteiger charge is 2.31. The number of benzene rings is 2. The van der Waals surface area contributed by atoms with Gasteiger partial charge < -0.3 is 9.64 Å². The van der Waals surface area contributed by atoms with Crippen LogP contribution in [0.1, 0.15) is 65.1 Å². The molecule has 0 unspecified atom stereocenters. The first-order valence-electron chi connectivity index (χ1n) is 10.8. The van der Waals surface area contributed by atoms with Crippen molar-refractivity contribution in [3.8, 4) is 5.75 Å². The Kier molecular flexibility index (Phi) is 5.40. The Morgan fingerprint density at radius 2 is 1.77 bits per heavy atom. The van der Waals surface area contributed by atoms with Crippen molar-refractivity contribution in [2.75, 3.05) is 13.1 Å². The van der Waals surface area contributed by atoms with Gasteiger partial charge in [0.15, 0.2) is 5.82 Å². The quantitative estimate of drug-likeness (QED) is 0.641. The Bertz CT molecular complexity index is 1050. The lowest BCUT2D eigenvalue weighted by molar-refractivity contribution is 0.0706. The van der Waals surface area contributed by atoms with Gasteiger partial charge in [-0.05, 0) is 55.5 Å². The van der Waals surface area contributed by atoms with Gasteiger partial charge in [-0.25, -0.2) is 9.37 Å². The second kappa shape index (κ2) is 8.49. The summed E-state index contributed by atoms with van der Waals surface area (Å²) in [5.41, 5.74) is 1.40. The molecule has 1 saturated heterocycles. The molecule has 1 aromatic heterocycles. The molecule has 0 atom stereocenters. The molecule has 6 nitrogen and oxygen atoms in total. The number of ether oxygens (including phenoxy) is 1. The van der Waals surface area contributed by atoms with Gasteiger partial charge in [0.25, 0.3) is 5.91 Å². The standard InChI is InChI=1S/C24H25FN4O2/c25-19-9-5-16(6-10-19)15-31-21-4-2-1-3-20(21)24(30)29-13-11-18(12-14-29)23-26-22(27-28-23)17-7-8-17/h1-6,9-10,17-18H,7-8,11-15H2,(H,26,27,28). The number of hydrogen-bond donors (Lipinski definition) is 1. The van der Waals surface area contributed by atoms with Gasteiger partial charge >= 0.3 is 0 Å². The topological polar surface area (TPSA) is 71.1 Å². The molecule has 2 heterocycles. The summed E-state index contributed by atoms with van der Waals surface area (Å²) >= 11 is 0. The molecule has 0 spiro atoms. The molecule has 1 saturated carbocycles. The van der Waals surface area contributed by atoms with Crippen molar-refractivity contribution in [1.82, 2.24) is 20.1 Å². The largest absolute Gasteiger partial charge is 0.488 e. The van der Waals surface area contributed by atoms with Crippen molar-refractivity contribution < 1.29 is 13.9 Å². The average Bonchev–Trinajstić information content (AvgIpc) is 3.55. The highest BCUT2D eigenvalue weighted by molar-refractivity contribution is 5.97. The zero-order valence-corrected chi connectivity index (χ0v) is 17.3. The average molecular weight is 420 g/mol. The molecular formula is C24H25FN4O2. The molecule has 1 amide bonds. The van der Waals surface area contributed by atoms with Gasteiger partial charge in [-0.1, -0.05) is 24.3 Å². The van der Waals surface area contributed by atoms with Gasteiger partial charge in [-0.15, -0.1) is 0 Å². The maximum absolute atomic E-state index is 13.2. The summed E-state index contributed by atoms with van der Waals surface area (Å²) in [5, 5.41) is 7.47. The molecule has 0 bridgehead atoms. The minimum atomic E-state index is -0.281. The van der Waals surface area contributed by atoms with Crippen molar-refractivity contribution in [2.45, 2.75) is 44.1 Å². The van der Waals surface area contributed by atoms with Crippen LogP contribution in [0.15, 0.2) is 48.5 Å². The summed E-state index contributed by atoms with van der Waals surface area (Å²) in [6, 6.07) is 13.5. The second-order valence-electron chi connectivity index (χ2n) is 8.33. The van der Waals surface area contributed by atoms with Crippen molar-refractivity contribution in [3.05, 3.63) is 77.1 Å². The van der Waals surface area contributed by atoms with Crippen LogP contribution in [0.5, 0.6) is 5.75 Å². The zero-order valence-electron chi connectivity index (χ0n) is 17.3. The van der Waals surface area contributed by atoms with E-state index in [1.54, 1.807) is 24.3 Å². The van der Waals surface area contributed by atoms with E-state index in [0.717, 1.165) is 30.1 Å². The number of aromatic nitrogens is 3. The van der Waals surface area contributed by atoms with Crippen LogP contribution in [0, 0.1) is 5.82 Å². The monoisotopic (exact) mass is 420 g/mol. The van der Waals surface area contributed by atoms with Crippen LogP contribution in [0.3, 0.4) is 0 Å². The highest BCUT2D eigenvalue weighted by Crippen LogP contribution is 2.38. The number of amides is 1. The second-order valence-corrected chi connectivity index (χ2v) is 8.33. The molecule has 7 heteroatoms. The first-order valence-corrected chi connectivity index (χ1v) is 10.8. The van der Waals surface area contributed by atoms with Gasteiger partial charge in [0.1, 0.15) is 24.0 Å². The van der Waals surface area contributed by atoms with E-state index >= 15 is 0 Å². The molecule has 3 aromatic rings. The molecule has 2 aliphatic rings. The number of hydrogen-bond acceptors (Lipinski definition) is 4. The van der Waals surface area contributed by atoms with Crippen LogP contribution in [0.4, 0.5) is 4.39 Å². The lowest BCUT2D eigenvalue weighted by Gasteiger charge is -2.31. The smallest absolute Gasteiger partial charge is 0.257 e. The van der Waals surface area contributed by atoms with Gasteiger partial charge in [-0.3, -0.25) is 9.89 Å². The van der Waals surface area contributed by atoms with E-state index in [1.807, 2.05) is 17.0 Å². The third kappa shape index (κ3) is 4.45. The summed E-state index contributed by atoms with van der Waals surface area (Å²) in [5.74, 6) is 2.99. The summed E-state index contributed by atoms with van der Waals surface area (Å²) in [7, 11) is 0. The number of aromatic amines is 1. The molecule has 1 aliphatic heterocycles. The lowest BCUT2D eigenvalue weighted by Crippen LogP contribution is -2.38. The predicted octanol–water partition coefficient (Wildman–Crippen LogP) is 4.42. The maximum atomic E-state index is 13.2. The summed E-state index contributed by atoms with van der Waals surface area (Å²) < 4.78 is 19.0. The molecule has 2 fully saturated rings. The number of nitrogens with zero attached hydrogens (tertiary/aromatic N) is 3. The highest BCUT2D eigenvalue weighted by atomic mass is 19.1. The van der Waals surface area contributed by atoms with Crippen LogP contribution in [0.2, 0.25) is 0 Å². The fourth-order valence-electron chi connectivity index (χ4n) is 4.03. The first-order chi connectivity index (χ1) is 15.2. The van der Waals surface area contributed by atoms with Crippen molar-refractivity contribution in [2.24, 2.45) is 0 Å². The number of nitrogens with one attached hydrogen (secondary N) is 1. The van der Waals surface area contributed by atoms with Gasteiger partial charge in [-0.2, -0.15) is 5.10 Å². The van der Waals surface area contributed by atoms with Crippen LogP contribution in [0.25, 0.3) is 0 Å². The van der Waals surface area contributed by atoms with Crippen LogP contribution in [-0.2, 0) is 6.61 Å². The Morgan fingerprint density at radius 1 is 1.03 bits per heavy atom. The number of H-pyrrole nitrogens is 1. The van der Waals surface area contributed by atoms with E-state index in [1.165, 1.54) is 25.0 Å². The number of carbonyl (C=O) groups excluding carboxylic acids is 1. The summed E-state index contributed by atoms with van der Waals surface area (Å²) in [6.07, 6.45) is 4.10. The number of para-hydroxylation sites is 1. The molecule has 160 valence electrons. The van der Waals surface area contributed by atoms with Gasteiger partial charge in [0, 0.05) is 24.9 Å². The van der Waals surface area contributed by atoms with Crippen molar-refractivity contribution in [1.29, 1.82) is 0 Å². The fourth-order valence-corrected chi connectivity index (χ4v) is 4.03. The lowest BCUT2D eigenvalue weighted by atomic mass is 9.95. The normalized spacial score (nSPS) is 17.0. The van der Waals surface area contributed by atoms with E-state index in [0.29, 0.717) is 36.2 Å². The molecule has 31 heavy (non-hydrogen) atoms. The van der Waals surface area contributed by atoms with Crippen LogP contribution in [-0.4, -0.2) is 39.1 Å². The van der Waals surface area contributed by atoms with Gasteiger partial charge in [0.2, 0.25) is 0 Å². The van der Waals surface area contributed by atoms with E-state index < -0.39 is 0 Å². The molecular weight excluding hydrogens is 395 g/mol. The minimum Gasteiger partial charge on any atom is -0.488 e. The number of rotatable bonds is 6. The van der Waals surface area contributed by atoms with Crippen LogP contribution >= 0.6 is 0 Å². The Labute approximate surface area is 180 Å². The number of carbonyl (C=O) groups is 1. The first kappa shape index (κ1) is 19.7. The van der Waals surface area contributed by atoms with E-state index in [-0.39, 0.29) is 18.3 Å².